The first-order valence-corrected chi connectivity index (χ1v) is 8.34. The first-order valence-electron chi connectivity index (χ1n) is 8.34. The van der Waals surface area contributed by atoms with Crippen LogP contribution < -0.4 is 10.1 Å². The van der Waals surface area contributed by atoms with Crippen LogP contribution in [0.5, 0.6) is 5.75 Å². The first-order chi connectivity index (χ1) is 14.0. The van der Waals surface area contributed by atoms with E-state index in [2.05, 4.69) is 10.1 Å². The smallest absolute Gasteiger partial charge is 0.430 e. The molecule has 158 valence electrons. The van der Waals surface area contributed by atoms with E-state index in [0.717, 1.165) is 35.9 Å². The molecule has 2 rings (SSSR count). The number of halogens is 6. The number of carbonyl (C=O) groups is 1. The average Bonchev–Trinajstić information content (AvgIpc) is 2.70. The van der Waals surface area contributed by atoms with Gasteiger partial charge < -0.3 is 10.1 Å². The van der Waals surface area contributed by atoms with Gasteiger partial charge in [0.15, 0.2) is 0 Å². The van der Waals surface area contributed by atoms with Crippen LogP contribution in [0.15, 0.2) is 60.2 Å². The monoisotopic (exact) mass is 428 g/mol. The molecule has 1 unspecified atom stereocenters. The van der Waals surface area contributed by atoms with Crippen molar-refractivity contribution in [3.05, 3.63) is 71.3 Å². The van der Waals surface area contributed by atoms with Crippen LogP contribution in [-0.4, -0.2) is 24.4 Å². The zero-order valence-electron chi connectivity index (χ0n) is 15.1. The van der Waals surface area contributed by atoms with Crippen molar-refractivity contribution >= 4 is 12.0 Å². The molecular formula is C20H14F6N2O2. The van der Waals surface area contributed by atoms with Crippen molar-refractivity contribution in [2.75, 3.05) is 0 Å². The number of alkyl halides is 6. The van der Waals surface area contributed by atoms with E-state index in [-0.39, 0.29) is 17.7 Å². The Bertz CT molecular complexity index is 935. The number of hydrogen-bond acceptors (Lipinski definition) is 3. The largest absolute Gasteiger partial charge is 0.439 e. The molecule has 2 aromatic rings. The molecule has 0 aliphatic rings. The van der Waals surface area contributed by atoms with Gasteiger partial charge in [0.1, 0.15) is 17.4 Å². The lowest BCUT2D eigenvalue weighted by Gasteiger charge is -2.23. The number of nitriles is 1. The fourth-order valence-corrected chi connectivity index (χ4v) is 2.22. The average molecular weight is 428 g/mol. The number of carbonyl (C=O) groups excluding carboxylic acids is 1. The molecule has 0 fully saturated rings. The highest BCUT2D eigenvalue weighted by Gasteiger charge is 2.59. The summed E-state index contributed by atoms with van der Waals surface area (Å²) in [4.78, 5) is 12.1. The van der Waals surface area contributed by atoms with Gasteiger partial charge in [-0.2, -0.15) is 27.2 Å². The lowest BCUT2D eigenvalue weighted by atomic mass is 10.1. The Morgan fingerprint density at radius 1 is 1.07 bits per heavy atom. The molecule has 0 saturated carbocycles. The third kappa shape index (κ3) is 6.27. The van der Waals surface area contributed by atoms with E-state index >= 15 is 0 Å². The molecule has 2 aromatic carbocycles. The second-order valence-electron chi connectivity index (χ2n) is 5.98. The second kappa shape index (κ2) is 9.35. The fraction of sp³-hybridized carbons (Fsp3) is 0.200. The topological polar surface area (TPSA) is 62.1 Å². The van der Waals surface area contributed by atoms with Crippen LogP contribution in [0.3, 0.4) is 0 Å². The quantitative estimate of drug-likeness (QED) is 0.392. The number of hydrogen-bond donors (Lipinski definition) is 1. The SMILES string of the molecule is N#C/C(=C\c1ccc(OC(F)(F)C(F)C(F)(F)F)cc1)C(=O)NCc1ccccc1. The van der Waals surface area contributed by atoms with E-state index in [1.54, 1.807) is 36.4 Å². The zero-order chi connectivity index (χ0) is 22.4. The molecule has 10 heteroatoms. The molecule has 0 aromatic heterocycles. The predicted molar refractivity (Wildman–Crippen MR) is 94.8 cm³/mol. The lowest BCUT2D eigenvalue weighted by Crippen LogP contribution is -2.45. The third-order valence-electron chi connectivity index (χ3n) is 3.69. The minimum Gasteiger partial charge on any atom is -0.430 e. The summed E-state index contributed by atoms with van der Waals surface area (Å²) < 4.78 is 79.6. The van der Waals surface area contributed by atoms with Crippen LogP contribution in [0.1, 0.15) is 11.1 Å². The maximum absolute atomic E-state index is 13.3. The first kappa shape index (κ1) is 22.8. The van der Waals surface area contributed by atoms with Gasteiger partial charge in [-0.1, -0.05) is 42.5 Å². The normalized spacial score (nSPS) is 13.3. The molecular weight excluding hydrogens is 414 g/mol. The van der Waals surface area contributed by atoms with Crippen LogP contribution in [-0.2, 0) is 11.3 Å². The summed E-state index contributed by atoms with van der Waals surface area (Å²) in [5.74, 6) is -1.41. The second-order valence-corrected chi connectivity index (χ2v) is 5.98. The highest BCUT2D eigenvalue weighted by Crippen LogP contribution is 2.36. The number of nitrogens with zero attached hydrogens (tertiary/aromatic N) is 1. The van der Waals surface area contributed by atoms with Crippen molar-refractivity contribution in [2.45, 2.75) is 25.0 Å². The molecule has 0 radical (unpaired) electrons. The van der Waals surface area contributed by atoms with E-state index in [0.29, 0.717) is 0 Å². The van der Waals surface area contributed by atoms with Gasteiger partial charge in [-0.15, -0.1) is 0 Å². The lowest BCUT2D eigenvalue weighted by molar-refractivity contribution is -0.304. The zero-order valence-corrected chi connectivity index (χ0v) is 15.1. The summed E-state index contributed by atoms with van der Waals surface area (Å²) in [6, 6.07) is 14.5. The number of nitrogens with one attached hydrogen (secondary N) is 1. The van der Waals surface area contributed by atoms with Crippen molar-refractivity contribution in [2.24, 2.45) is 0 Å². The van der Waals surface area contributed by atoms with Crippen LogP contribution >= 0.6 is 0 Å². The van der Waals surface area contributed by atoms with Crippen molar-refractivity contribution in [1.82, 2.24) is 5.32 Å². The standard InChI is InChI=1S/C20H14F6N2O2/c21-18(19(22,23)24)20(25,26)30-16-8-6-13(7-9-16)10-15(11-27)17(29)28-12-14-4-2-1-3-5-14/h1-10,18H,12H2,(H,28,29)/b15-10+. The molecule has 30 heavy (non-hydrogen) atoms. The van der Waals surface area contributed by atoms with E-state index in [9.17, 15) is 31.1 Å². The maximum Gasteiger partial charge on any atom is 0.439 e. The minimum atomic E-state index is -5.79. The van der Waals surface area contributed by atoms with E-state index in [1.807, 2.05) is 0 Å². The van der Waals surface area contributed by atoms with Crippen LogP contribution in [0.4, 0.5) is 26.3 Å². The van der Waals surface area contributed by atoms with E-state index < -0.39 is 30.1 Å². The molecule has 1 atom stereocenters. The molecule has 0 spiro atoms. The Morgan fingerprint density at radius 3 is 2.20 bits per heavy atom. The van der Waals surface area contributed by atoms with E-state index in [1.165, 1.54) is 0 Å². The number of benzene rings is 2. The Kier molecular flexibility index (Phi) is 7.10. The van der Waals surface area contributed by atoms with Crippen LogP contribution in [0.25, 0.3) is 6.08 Å². The Labute approximate surface area is 167 Å². The summed E-state index contributed by atoms with van der Waals surface area (Å²) in [6.45, 7) is 0.171. The van der Waals surface area contributed by atoms with Gasteiger partial charge in [-0.25, -0.2) is 4.39 Å². The highest BCUT2D eigenvalue weighted by atomic mass is 19.4. The van der Waals surface area contributed by atoms with Gasteiger partial charge in [0.25, 0.3) is 12.1 Å². The van der Waals surface area contributed by atoms with Crippen molar-refractivity contribution in [3.63, 3.8) is 0 Å². The van der Waals surface area contributed by atoms with Crippen molar-refractivity contribution in [1.29, 1.82) is 5.26 Å². The van der Waals surface area contributed by atoms with E-state index in [4.69, 9.17) is 5.26 Å². The van der Waals surface area contributed by atoms with Crippen molar-refractivity contribution in [3.8, 4) is 11.8 Å². The van der Waals surface area contributed by atoms with Gasteiger partial charge >= 0.3 is 12.3 Å². The molecule has 0 bridgehead atoms. The summed E-state index contributed by atoms with van der Waals surface area (Å²) in [5.41, 5.74) is 0.728. The third-order valence-corrected chi connectivity index (χ3v) is 3.69. The van der Waals surface area contributed by atoms with Gasteiger partial charge in [0.2, 0.25) is 0 Å². The molecule has 0 aliphatic carbocycles. The predicted octanol–water partition coefficient (Wildman–Crippen LogP) is 4.78. The van der Waals surface area contributed by atoms with Gasteiger partial charge in [-0.3, -0.25) is 4.79 Å². The molecule has 0 heterocycles. The van der Waals surface area contributed by atoms with Gasteiger partial charge in [0, 0.05) is 6.54 Å². The highest BCUT2D eigenvalue weighted by molar-refractivity contribution is 6.01. The minimum absolute atomic E-state index is 0.171. The number of amides is 1. The summed E-state index contributed by atoms with van der Waals surface area (Å²) in [5, 5.41) is 11.7. The maximum atomic E-state index is 13.3. The Balaban J connectivity index is 2.06. The molecule has 0 aliphatic heterocycles. The van der Waals surface area contributed by atoms with Crippen LogP contribution in [0, 0.1) is 11.3 Å². The Morgan fingerprint density at radius 2 is 1.67 bits per heavy atom. The van der Waals surface area contributed by atoms with Crippen LogP contribution in [0.2, 0.25) is 0 Å². The molecule has 1 amide bonds. The number of rotatable bonds is 7. The summed E-state index contributed by atoms with van der Waals surface area (Å²) in [7, 11) is 0. The fourth-order valence-electron chi connectivity index (χ4n) is 2.22. The summed E-state index contributed by atoms with van der Waals surface area (Å²) in [6.07, 6.45) is -14.3. The van der Waals surface area contributed by atoms with Gasteiger partial charge in [-0.05, 0) is 29.3 Å². The number of ether oxygens (including phenoxy) is 1. The molecule has 0 saturated heterocycles. The van der Waals surface area contributed by atoms with Gasteiger partial charge in [0.05, 0.1) is 0 Å². The molecule has 1 N–H and O–H groups in total. The van der Waals surface area contributed by atoms with Crippen molar-refractivity contribution < 1.29 is 35.9 Å². The molecule has 4 nitrogen and oxygen atoms in total. The Hall–Kier alpha value is -3.48. The summed E-state index contributed by atoms with van der Waals surface area (Å²) >= 11 is 0.